The van der Waals surface area contributed by atoms with Gasteiger partial charge < -0.3 is 9.84 Å². The number of benzene rings is 3. The largest absolute Gasteiger partial charge is 0.489 e. The van der Waals surface area contributed by atoms with Crippen LogP contribution in [-0.2, 0) is 13.0 Å². The molecule has 0 saturated heterocycles. The highest BCUT2D eigenvalue weighted by atomic mass is 16.5. The molecule has 0 amide bonds. The minimum absolute atomic E-state index is 0.187. The van der Waals surface area contributed by atoms with Gasteiger partial charge in [-0.05, 0) is 59.7 Å². The summed E-state index contributed by atoms with van der Waals surface area (Å²) in [6, 6.07) is 24.9. The van der Waals surface area contributed by atoms with E-state index in [1.807, 2.05) is 18.2 Å². The van der Waals surface area contributed by atoms with Gasteiger partial charge in [0.25, 0.3) is 0 Å². The predicted octanol–water partition coefficient (Wildman–Crippen LogP) is 5.17. The molecule has 1 N–H and O–H groups in total. The van der Waals surface area contributed by atoms with Crippen LogP contribution in [0.5, 0.6) is 5.75 Å². The molecule has 0 heterocycles. The maximum absolute atomic E-state index is 9.22. The van der Waals surface area contributed by atoms with E-state index in [-0.39, 0.29) is 6.61 Å². The normalized spacial score (nSPS) is 10.6. The van der Waals surface area contributed by atoms with E-state index < -0.39 is 0 Å². The summed E-state index contributed by atoms with van der Waals surface area (Å²) in [5.41, 5.74) is 5.98. The first kappa shape index (κ1) is 17.2. The first-order valence-electron chi connectivity index (χ1n) is 8.74. The van der Waals surface area contributed by atoms with Crippen LogP contribution in [0.15, 0.2) is 72.8 Å². The van der Waals surface area contributed by atoms with E-state index in [1.165, 1.54) is 16.7 Å². The van der Waals surface area contributed by atoms with Crippen LogP contribution in [0.4, 0.5) is 0 Å². The Labute approximate surface area is 149 Å². The molecular formula is C23H24O2. The van der Waals surface area contributed by atoms with Crippen LogP contribution in [0.3, 0.4) is 0 Å². The van der Waals surface area contributed by atoms with E-state index in [4.69, 9.17) is 4.74 Å². The van der Waals surface area contributed by atoms with Gasteiger partial charge in [-0.2, -0.15) is 0 Å². The highest BCUT2D eigenvalue weighted by molar-refractivity contribution is 5.69. The summed E-state index contributed by atoms with van der Waals surface area (Å²) in [5, 5.41) is 9.22. The van der Waals surface area contributed by atoms with Crippen molar-refractivity contribution < 1.29 is 9.84 Å². The summed E-state index contributed by atoms with van der Waals surface area (Å²) < 4.78 is 6.06. The summed E-state index contributed by atoms with van der Waals surface area (Å²) >= 11 is 0. The van der Waals surface area contributed by atoms with Crippen LogP contribution in [0, 0.1) is 6.92 Å². The molecule has 0 aliphatic heterocycles. The number of rotatable bonds is 7. The third-order valence-corrected chi connectivity index (χ3v) is 4.36. The van der Waals surface area contributed by atoms with Crippen molar-refractivity contribution >= 4 is 0 Å². The monoisotopic (exact) mass is 332 g/mol. The van der Waals surface area contributed by atoms with Crippen molar-refractivity contribution in [3.63, 3.8) is 0 Å². The number of aliphatic hydroxyl groups excluding tert-OH is 1. The second kappa shape index (κ2) is 8.50. The summed E-state index contributed by atoms with van der Waals surface area (Å²) in [4.78, 5) is 0. The molecule has 2 heteroatoms. The molecule has 0 aliphatic carbocycles. The van der Waals surface area contributed by atoms with Gasteiger partial charge in [-0.15, -0.1) is 0 Å². The summed E-state index contributed by atoms with van der Waals surface area (Å²) in [7, 11) is 0. The molecule has 3 aromatic carbocycles. The van der Waals surface area contributed by atoms with Crippen molar-refractivity contribution in [2.45, 2.75) is 26.4 Å². The van der Waals surface area contributed by atoms with Crippen LogP contribution in [0.25, 0.3) is 11.1 Å². The Bertz CT molecular complexity index is 809. The zero-order valence-corrected chi connectivity index (χ0v) is 14.6. The SMILES string of the molecule is Cc1ccccc1-c1ccc(OCc2ccccc2)c(CCCO)c1. The van der Waals surface area contributed by atoms with Crippen LogP contribution in [0.1, 0.15) is 23.1 Å². The van der Waals surface area contributed by atoms with Crippen molar-refractivity contribution in [3.05, 3.63) is 89.5 Å². The van der Waals surface area contributed by atoms with E-state index >= 15 is 0 Å². The fourth-order valence-corrected chi connectivity index (χ4v) is 2.98. The van der Waals surface area contributed by atoms with E-state index in [2.05, 4.69) is 61.5 Å². The number of aliphatic hydroxyl groups is 1. The minimum Gasteiger partial charge on any atom is -0.489 e. The molecule has 0 radical (unpaired) electrons. The Hall–Kier alpha value is -2.58. The standard InChI is InChI=1S/C23H24O2/c1-18-8-5-6-12-22(18)20-13-14-23(21(16-20)11-7-15-24)25-17-19-9-3-2-4-10-19/h2-6,8-10,12-14,16,24H,7,11,15,17H2,1H3. The quantitative estimate of drug-likeness (QED) is 0.647. The van der Waals surface area contributed by atoms with Gasteiger partial charge in [0.1, 0.15) is 12.4 Å². The van der Waals surface area contributed by atoms with Gasteiger partial charge in [0.15, 0.2) is 0 Å². The molecule has 2 nitrogen and oxygen atoms in total. The van der Waals surface area contributed by atoms with E-state index in [0.29, 0.717) is 6.61 Å². The van der Waals surface area contributed by atoms with E-state index in [1.54, 1.807) is 0 Å². The molecule has 3 rings (SSSR count). The molecule has 0 saturated carbocycles. The van der Waals surface area contributed by atoms with Crippen molar-refractivity contribution in [1.82, 2.24) is 0 Å². The second-order valence-corrected chi connectivity index (χ2v) is 6.24. The van der Waals surface area contributed by atoms with E-state index in [9.17, 15) is 5.11 Å². The highest BCUT2D eigenvalue weighted by Gasteiger charge is 2.08. The highest BCUT2D eigenvalue weighted by Crippen LogP contribution is 2.30. The molecule has 3 aromatic rings. The molecular weight excluding hydrogens is 308 g/mol. The average Bonchev–Trinajstić information content (AvgIpc) is 2.66. The minimum atomic E-state index is 0.187. The first-order chi connectivity index (χ1) is 12.3. The number of aryl methyl sites for hydroxylation is 2. The zero-order chi connectivity index (χ0) is 17.5. The van der Waals surface area contributed by atoms with Crippen molar-refractivity contribution in [2.24, 2.45) is 0 Å². The fourth-order valence-electron chi connectivity index (χ4n) is 2.98. The molecule has 25 heavy (non-hydrogen) atoms. The average molecular weight is 332 g/mol. The van der Waals surface area contributed by atoms with Crippen LogP contribution in [0.2, 0.25) is 0 Å². The van der Waals surface area contributed by atoms with Crippen LogP contribution >= 0.6 is 0 Å². The molecule has 0 spiro atoms. The van der Waals surface area contributed by atoms with E-state index in [0.717, 1.165) is 29.7 Å². The van der Waals surface area contributed by atoms with Gasteiger partial charge in [0.05, 0.1) is 0 Å². The summed E-state index contributed by atoms with van der Waals surface area (Å²) in [5.74, 6) is 0.898. The van der Waals surface area contributed by atoms with Gasteiger partial charge in [0.2, 0.25) is 0 Å². The van der Waals surface area contributed by atoms with Gasteiger partial charge in [-0.1, -0.05) is 60.7 Å². The molecule has 0 atom stereocenters. The molecule has 0 bridgehead atoms. The van der Waals surface area contributed by atoms with Crippen molar-refractivity contribution in [2.75, 3.05) is 6.61 Å². The summed E-state index contributed by atoms with van der Waals surface area (Å²) in [6.07, 6.45) is 1.54. The Morgan fingerprint density at radius 2 is 1.64 bits per heavy atom. The Morgan fingerprint density at radius 3 is 2.40 bits per heavy atom. The van der Waals surface area contributed by atoms with Crippen LogP contribution in [-0.4, -0.2) is 11.7 Å². The molecule has 0 aliphatic rings. The third-order valence-electron chi connectivity index (χ3n) is 4.36. The predicted molar refractivity (Wildman–Crippen MR) is 103 cm³/mol. The number of hydrogen-bond donors (Lipinski definition) is 1. The lowest BCUT2D eigenvalue weighted by Gasteiger charge is -2.14. The number of ether oxygens (including phenoxy) is 1. The lowest BCUT2D eigenvalue weighted by atomic mass is 9.97. The lowest BCUT2D eigenvalue weighted by molar-refractivity contribution is 0.283. The van der Waals surface area contributed by atoms with Gasteiger partial charge in [-0.25, -0.2) is 0 Å². The second-order valence-electron chi connectivity index (χ2n) is 6.24. The van der Waals surface area contributed by atoms with Crippen molar-refractivity contribution in [1.29, 1.82) is 0 Å². The molecule has 128 valence electrons. The topological polar surface area (TPSA) is 29.5 Å². The Morgan fingerprint density at radius 1 is 0.880 bits per heavy atom. The van der Waals surface area contributed by atoms with Crippen LogP contribution < -0.4 is 4.74 Å². The maximum Gasteiger partial charge on any atom is 0.123 e. The Kier molecular flexibility index (Phi) is 5.86. The maximum atomic E-state index is 9.22. The third kappa shape index (κ3) is 4.49. The lowest BCUT2D eigenvalue weighted by Crippen LogP contribution is -2.00. The Balaban J connectivity index is 1.86. The van der Waals surface area contributed by atoms with Crippen molar-refractivity contribution in [3.8, 4) is 16.9 Å². The molecule has 0 unspecified atom stereocenters. The summed E-state index contributed by atoms with van der Waals surface area (Å²) in [6.45, 7) is 2.87. The smallest absolute Gasteiger partial charge is 0.123 e. The number of hydrogen-bond acceptors (Lipinski definition) is 2. The zero-order valence-electron chi connectivity index (χ0n) is 14.6. The fraction of sp³-hybridized carbons (Fsp3) is 0.217. The van der Waals surface area contributed by atoms with Gasteiger partial charge in [0, 0.05) is 6.61 Å². The molecule has 0 fully saturated rings. The van der Waals surface area contributed by atoms with Gasteiger partial charge >= 0.3 is 0 Å². The first-order valence-corrected chi connectivity index (χ1v) is 8.74. The van der Waals surface area contributed by atoms with Gasteiger partial charge in [-0.3, -0.25) is 0 Å². The molecule has 0 aromatic heterocycles.